The first kappa shape index (κ1) is 14.9. The van der Waals surface area contributed by atoms with E-state index < -0.39 is 11.7 Å². The smallest absolute Gasteiger partial charge is 0.313 e. The van der Waals surface area contributed by atoms with Gasteiger partial charge in [-0.2, -0.15) is 13.2 Å². The van der Waals surface area contributed by atoms with Crippen LogP contribution in [0.25, 0.3) is 0 Å². The molecule has 21 heavy (non-hydrogen) atoms. The van der Waals surface area contributed by atoms with Crippen molar-refractivity contribution >= 4 is 0 Å². The van der Waals surface area contributed by atoms with Crippen LogP contribution in [0.4, 0.5) is 13.2 Å². The molecule has 4 heteroatoms. The number of rotatable bonds is 4. The summed E-state index contributed by atoms with van der Waals surface area (Å²) in [6.07, 6.45) is 3.57. The Hall–Kier alpha value is -1.03. The van der Waals surface area contributed by atoms with E-state index in [1.165, 1.54) is 31.4 Å². The second-order valence-corrected chi connectivity index (χ2v) is 6.57. The largest absolute Gasteiger partial charge is 0.416 e. The Labute approximate surface area is 123 Å². The molecule has 3 rings (SSSR count). The summed E-state index contributed by atoms with van der Waals surface area (Å²) in [5, 5.41) is 3.54. The van der Waals surface area contributed by atoms with Crippen molar-refractivity contribution in [1.29, 1.82) is 0 Å². The lowest BCUT2D eigenvalue weighted by atomic mass is 9.69. The lowest BCUT2D eigenvalue weighted by Crippen LogP contribution is -2.40. The lowest BCUT2D eigenvalue weighted by Gasteiger charge is -2.38. The van der Waals surface area contributed by atoms with E-state index in [0.29, 0.717) is 6.04 Å². The first-order valence-corrected chi connectivity index (χ1v) is 7.91. The van der Waals surface area contributed by atoms with Crippen molar-refractivity contribution in [3.8, 4) is 0 Å². The first-order chi connectivity index (χ1) is 10.00. The van der Waals surface area contributed by atoms with Crippen LogP contribution in [-0.2, 0) is 11.6 Å². The van der Waals surface area contributed by atoms with Crippen molar-refractivity contribution in [2.24, 2.45) is 0 Å². The van der Waals surface area contributed by atoms with E-state index in [9.17, 15) is 13.2 Å². The Bertz CT molecular complexity index is 485. The Kier molecular flexibility index (Phi) is 4.00. The van der Waals surface area contributed by atoms with Crippen molar-refractivity contribution in [2.45, 2.75) is 62.6 Å². The highest BCUT2D eigenvalue weighted by atomic mass is 19.4. The number of halogens is 3. The van der Waals surface area contributed by atoms with Crippen LogP contribution in [-0.4, -0.2) is 12.6 Å². The normalized spacial score (nSPS) is 22.2. The Morgan fingerprint density at radius 1 is 1.10 bits per heavy atom. The van der Waals surface area contributed by atoms with Crippen LogP contribution in [0.5, 0.6) is 0 Å². The van der Waals surface area contributed by atoms with E-state index in [-0.39, 0.29) is 5.41 Å². The van der Waals surface area contributed by atoms with Gasteiger partial charge in [0.05, 0.1) is 5.56 Å². The molecule has 0 bridgehead atoms. The van der Waals surface area contributed by atoms with E-state index in [2.05, 4.69) is 5.32 Å². The zero-order valence-electron chi connectivity index (χ0n) is 12.2. The predicted molar refractivity (Wildman–Crippen MR) is 77.2 cm³/mol. The molecule has 2 saturated carbocycles. The molecule has 0 atom stereocenters. The second kappa shape index (κ2) is 5.64. The van der Waals surface area contributed by atoms with Crippen molar-refractivity contribution < 1.29 is 13.2 Å². The minimum absolute atomic E-state index is 0.109. The summed E-state index contributed by atoms with van der Waals surface area (Å²) in [6, 6.07) is 6.59. The highest BCUT2D eigenvalue weighted by Gasteiger charge is 2.37. The van der Waals surface area contributed by atoms with Gasteiger partial charge < -0.3 is 5.32 Å². The molecule has 1 aromatic rings. The topological polar surface area (TPSA) is 12.0 Å². The lowest BCUT2D eigenvalue weighted by molar-refractivity contribution is -0.137. The van der Waals surface area contributed by atoms with Gasteiger partial charge in [-0.05, 0) is 37.3 Å². The first-order valence-electron chi connectivity index (χ1n) is 7.91. The van der Waals surface area contributed by atoms with Gasteiger partial charge in [0, 0.05) is 18.0 Å². The summed E-state index contributed by atoms with van der Waals surface area (Å²) in [6.45, 7) is 0.818. The van der Waals surface area contributed by atoms with Gasteiger partial charge in [0.1, 0.15) is 0 Å². The van der Waals surface area contributed by atoms with Gasteiger partial charge in [-0.15, -0.1) is 0 Å². The zero-order chi connectivity index (χ0) is 14.9. The maximum Gasteiger partial charge on any atom is 0.416 e. The molecular weight excluding hydrogens is 275 g/mol. The van der Waals surface area contributed by atoms with Crippen LogP contribution >= 0.6 is 0 Å². The van der Waals surface area contributed by atoms with E-state index in [0.717, 1.165) is 37.8 Å². The third kappa shape index (κ3) is 3.42. The summed E-state index contributed by atoms with van der Waals surface area (Å²) in [5.74, 6) is 0. The van der Waals surface area contributed by atoms with Crippen LogP contribution in [0, 0.1) is 0 Å². The molecule has 0 heterocycles. The number of nitrogens with one attached hydrogen (secondary N) is 1. The Morgan fingerprint density at radius 2 is 1.81 bits per heavy atom. The quantitative estimate of drug-likeness (QED) is 0.852. The molecule has 0 radical (unpaired) electrons. The van der Waals surface area contributed by atoms with Gasteiger partial charge >= 0.3 is 6.18 Å². The molecule has 2 aliphatic carbocycles. The van der Waals surface area contributed by atoms with Crippen LogP contribution < -0.4 is 5.32 Å². The van der Waals surface area contributed by atoms with E-state index in [4.69, 9.17) is 0 Å². The molecule has 0 amide bonds. The molecule has 0 aliphatic heterocycles. The van der Waals surface area contributed by atoms with Crippen molar-refractivity contribution in [2.75, 3.05) is 6.54 Å². The average molecular weight is 297 g/mol. The standard InChI is InChI=1S/C17H22F3N/c18-17(19,20)14-6-4-5-13(11-14)16(9-2-1-3-10-16)12-21-15-7-8-15/h4-6,11,15,21H,1-3,7-10,12H2. The van der Waals surface area contributed by atoms with Crippen molar-refractivity contribution in [1.82, 2.24) is 5.32 Å². The van der Waals surface area contributed by atoms with E-state index in [1.54, 1.807) is 6.07 Å². The SMILES string of the molecule is FC(F)(F)c1cccc(C2(CNC3CC3)CCCCC2)c1. The molecule has 1 nitrogen and oxygen atoms in total. The Morgan fingerprint density at radius 3 is 2.43 bits per heavy atom. The zero-order valence-corrected chi connectivity index (χ0v) is 12.2. The summed E-state index contributed by atoms with van der Waals surface area (Å²) in [7, 11) is 0. The molecular formula is C17H22F3N. The fourth-order valence-corrected chi connectivity index (χ4v) is 3.45. The van der Waals surface area contributed by atoms with Crippen molar-refractivity contribution in [3.63, 3.8) is 0 Å². The average Bonchev–Trinajstić information content (AvgIpc) is 3.30. The highest BCUT2D eigenvalue weighted by Crippen LogP contribution is 2.41. The third-order valence-electron chi connectivity index (χ3n) is 4.92. The highest BCUT2D eigenvalue weighted by molar-refractivity contribution is 5.33. The number of hydrogen-bond acceptors (Lipinski definition) is 1. The van der Waals surface area contributed by atoms with Gasteiger partial charge in [-0.3, -0.25) is 0 Å². The molecule has 0 saturated heterocycles. The Balaban J connectivity index is 1.87. The maximum atomic E-state index is 13.0. The van der Waals surface area contributed by atoms with Crippen LogP contribution in [0.3, 0.4) is 0 Å². The van der Waals surface area contributed by atoms with Gasteiger partial charge in [0.2, 0.25) is 0 Å². The molecule has 0 aromatic heterocycles. The van der Waals surface area contributed by atoms with Gasteiger partial charge in [-0.1, -0.05) is 37.5 Å². The van der Waals surface area contributed by atoms with Gasteiger partial charge in [-0.25, -0.2) is 0 Å². The minimum Gasteiger partial charge on any atom is -0.313 e. The fourth-order valence-electron chi connectivity index (χ4n) is 3.45. The third-order valence-corrected chi connectivity index (χ3v) is 4.92. The van der Waals surface area contributed by atoms with E-state index in [1.807, 2.05) is 6.07 Å². The molecule has 116 valence electrons. The molecule has 0 unspecified atom stereocenters. The fraction of sp³-hybridized carbons (Fsp3) is 0.647. The second-order valence-electron chi connectivity index (χ2n) is 6.57. The van der Waals surface area contributed by atoms with Crippen LogP contribution in [0.1, 0.15) is 56.1 Å². The minimum atomic E-state index is -4.25. The molecule has 1 aromatic carbocycles. The summed E-state index contributed by atoms with van der Waals surface area (Å²) in [4.78, 5) is 0. The molecule has 0 spiro atoms. The summed E-state index contributed by atoms with van der Waals surface area (Å²) < 4.78 is 38.9. The van der Waals surface area contributed by atoms with Crippen LogP contribution in [0.15, 0.2) is 24.3 Å². The number of hydrogen-bond donors (Lipinski definition) is 1. The summed E-state index contributed by atoms with van der Waals surface area (Å²) in [5.41, 5.74) is 0.240. The predicted octanol–water partition coefficient (Wildman–Crippen LogP) is 4.66. The van der Waals surface area contributed by atoms with E-state index >= 15 is 0 Å². The molecule has 1 N–H and O–H groups in total. The van der Waals surface area contributed by atoms with Crippen LogP contribution in [0.2, 0.25) is 0 Å². The molecule has 2 fully saturated rings. The van der Waals surface area contributed by atoms with Gasteiger partial charge in [0.15, 0.2) is 0 Å². The summed E-state index contributed by atoms with van der Waals surface area (Å²) >= 11 is 0. The monoisotopic (exact) mass is 297 g/mol. The molecule has 2 aliphatic rings. The van der Waals surface area contributed by atoms with Gasteiger partial charge in [0.25, 0.3) is 0 Å². The van der Waals surface area contributed by atoms with Crippen molar-refractivity contribution in [3.05, 3.63) is 35.4 Å². The number of alkyl halides is 3. The number of benzene rings is 1. The maximum absolute atomic E-state index is 13.0.